The first-order valence-electron chi connectivity index (χ1n) is 11.9. The van der Waals surface area contributed by atoms with E-state index >= 15 is 0 Å². The number of para-hydroxylation sites is 1. The first kappa shape index (κ1) is 22.6. The van der Waals surface area contributed by atoms with Gasteiger partial charge >= 0.3 is 6.03 Å². The number of carbonyl (C=O) groups is 1. The van der Waals surface area contributed by atoms with Crippen molar-refractivity contribution in [2.45, 2.75) is 31.6 Å². The number of hydrogen-bond donors (Lipinski definition) is 2. The predicted molar refractivity (Wildman–Crippen MR) is 136 cm³/mol. The highest BCUT2D eigenvalue weighted by atomic mass is 35.5. The highest BCUT2D eigenvalue weighted by molar-refractivity contribution is 6.42. The summed E-state index contributed by atoms with van der Waals surface area (Å²) in [5, 5.41) is 5.25. The molecule has 0 unspecified atom stereocenters. The van der Waals surface area contributed by atoms with Crippen LogP contribution in [0.5, 0.6) is 0 Å². The fraction of sp³-hybridized carbons (Fsp3) is 0.423. The van der Waals surface area contributed by atoms with Crippen LogP contribution in [0.15, 0.2) is 48.7 Å². The Morgan fingerprint density at radius 1 is 0.970 bits per heavy atom. The zero-order valence-corrected chi connectivity index (χ0v) is 20.2. The van der Waals surface area contributed by atoms with Crippen molar-refractivity contribution >= 4 is 45.8 Å². The number of halogens is 2. The second-order valence-corrected chi connectivity index (χ2v) is 10.2. The van der Waals surface area contributed by atoms with Crippen molar-refractivity contribution in [2.24, 2.45) is 5.92 Å². The normalized spacial score (nSPS) is 18.7. The van der Waals surface area contributed by atoms with Gasteiger partial charge in [-0.3, -0.25) is 0 Å². The lowest BCUT2D eigenvalue weighted by Crippen LogP contribution is -2.44. The number of fused-ring (bicyclic) bond motifs is 1. The Balaban J connectivity index is 1.07. The third kappa shape index (κ3) is 5.16. The molecule has 2 saturated heterocycles. The highest BCUT2D eigenvalue weighted by Crippen LogP contribution is 2.34. The summed E-state index contributed by atoms with van der Waals surface area (Å²) >= 11 is 12.0. The van der Waals surface area contributed by atoms with Crippen molar-refractivity contribution in [3.8, 4) is 0 Å². The molecule has 0 aliphatic carbocycles. The number of anilines is 1. The molecule has 2 fully saturated rings. The smallest absolute Gasteiger partial charge is 0.321 e. The van der Waals surface area contributed by atoms with Crippen LogP contribution < -0.4 is 5.32 Å². The minimum absolute atomic E-state index is 0.0635. The van der Waals surface area contributed by atoms with Gasteiger partial charge in [-0.1, -0.05) is 41.4 Å². The van der Waals surface area contributed by atoms with Crippen LogP contribution in [0.25, 0.3) is 10.9 Å². The standard InChI is InChI=1S/C26H30Cl2N4O/c27-23-6-5-20(15-24(23)28)30-26(33)32-13-7-18(8-14-32)17-31-11-9-19(10-12-31)22-16-29-25-4-2-1-3-21(22)25/h1-6,15-16,18-19,29H,7-14,17H2,(H,30,33). The third-order valence-corrected chi connectivity index (χ3v) is 7.98. The van der Waals surface area contributed by atoms with Gasteiger partial charge in [0.15, 0.2) is 0 Å². The Hall–Kier alpha value is -2.21. The second kappa shape index (κ2) is 9.96. The SMILES string of the molecule is O=C(Nc1ccc(Cl)c(Cl)c1)N1CCC(CN2CCC(c3c[nH]c4ccccc34)CC2)CC1. The van der Waals surface area contributed by atoms with Crippen molar-refractivity contribution in [2.75, 3.05) is 38.0 Å². The number of aromatic amines is 1. The summed E-state index contributed by atoms with van der Waals surface area (Å²) in [5.41, 5.74) is 3.39. The van der Waals surface area contributed by atoms with E-state index in [2.05, 4.69) is 45.7 Å². The quantitative estimate of drug-likeness (QED) is 0.438. The van der Waals surface area contributed by atoms with Gasteiger partial charge < -0.3 is 20.1 Å². The number of benzene rings is 2. The van der Waals surface area contributed by atoms with Gasteiger partial charge in [-0.25, -0.2) is 4.79 Å². The summed E-state index contributed by atoms with van der Waals surface area (Å²) in [6.45, 7) is 5.04. The van der Waals surface area contributed by atoms with E-state index in [0.717, 1.165) is 45.6 Å². The lowest BCUT2D eigenvalue weighted by molar-refractivity contribution is 0.137. The maximum atomic E-state index is 12.6. The molecule has 2 aliphatic rings. The minimum atomic E-state index is -0.0635. The van der Waals surface area contributed by atoms with E-state index in [1.165, 1.54) is 29.3 Å². The number of nitrogens with zero attached hydrogens (tertiary/aromatic N) is 2. The Bertz CT molecular complexity index is 1110. The number of rotatable bonds is 4. The van der Waals surface area contributed by atoms with Crippen molar-refractivity contribution in [1.82, 2.24) is 14.8 Å². The minimum Gasteiger partial charge on any atom is -0.361 e. The van der Waals surface area contributed by atoms with Gasteiger partial charge in [0.2, 0.25) is 0 Å². The molecule has 2 N–H and O–H groups in total. The summed E-state index contributed by atoms with van der Waals surface area (Å²) < 4.78 is 0. The van der Waals surface area contributed by atoms with Gasteiger partial charge in [0, 0.05) is 42.4 Å². The molecule has 0 atom stereocenters. The molecule has 3 heterocycles. The molecule has 7 heteroatoms. The summed E-state index contributed by atoms with van der Waals surface area (Å²) in [6, 6.07) is 13.7. The van der Waals surface area contributed by atoms with Crippen LogP contribution in [-0.2, 0) is 0 Å². The van der Waals surface area contributed by atoms with E-state index in [9.17, 15) is 4.79 Å². The van der Waals surface area contributed by atoms with E-state index in [-0.39, 0.29) is 6.03 Å². The molecule has 1 aromatic heterocycles. The summed E-state index contributed by atoms with van der Waals surface area (Å²) in [7, 11) is 0. The van der Waals surface area contributed by atoms with E-state index in [0.29, 0.717) is 27.6 Å². The zero-order chi connectivity index (χ0) is 22.8. The molecular formula is C26H30Cl2N4O. The summed E-state index contributed by atoms with van der Waals surface area (Å²) in [5.74, 6) is 1.30. The molecule has 174 valence electrons. The molecule has 2 aliphatic heterocycles. The monoisotopic (exact) mass is 484 g/mol. The molecule has 2 aromatic carbocycles. The Labute approximate surface area is 205 Å². The lowest BCUT2D eigenvalue weighted by Gasteiger charge is -2.37. The molecule has 0 saturated carbocycles. The number of amides is 2. The highest BCUT2D eigenvalue weighted by Gasteiger charge is 2.27. The number of carbonyl (C=O) groups excluding carboxylic acids is 1. The number of hydrogen-bond acceptors (Lipinski definition) is 2. The number of aromatic nitrogens is 1. The molecular weight excluding hydrogens is 455 g/mol. The molecule has 5 rings (SSSR count). The van der Waals surface area contributed by atoms with Crippen LogP contribution >= 0.6 is 23.2 Å². The van der Waals surface area contributed by atoms with E-state index in [1.54, 1.807) is 18.2 Å². The molecule has 33 heavy (non-hydrogen) atoms. The number of nitrogens with one attached hydrogen (secondary N) is 2. The number of H-pyrrole nitrogens is 1. The lowest BCUT2D eigenvalue weighted by atomic mass is 9.88. The third-order valence-electron chi connectivity index (χ3n) is 7.24. The van der Waals surface area contributed by atoms with E-state index < -0.39 is 0 Å². The molecule has 0 bridgehead atoms. The van der Waals surface area contributed by atoms with Gasteiger partial charge in [-0.2, -0.15) is 0 Å². The number of likely N-dealkylation sites (tertiary alicyclic amines) is 2. The average Bonchev–Trinajstić information content (AvgIpc) is 3.27. The van der Waals surface area contributed by atoms with Gasteiger partial charge in [-0.15, -0.1) is 0 Å². The number of urea groups is 1. The van der Waals surface area contributed by atoms with Gasteiger partial charge in [0.1, 0.15) is 0 Å². The predicted octanol–water partition coefficient (Wildman–Crippen LogP) is 6.60. The van der Waals surface area contributed by atoms with Crippen LogP contribution in [0.2, 0.25) is 10.0 Å². The van der Waals surface area contributed by atoms with Crippen molar-refractivity contribution in [3.05, 3.63) is 64.3 Å². The summed E-state index contributed by atoms with van der Waals surface area (Å²) in [6.07, 6.45) is 6.75. The first-order chi connectivity index (χ1) is 16.1. The fourth-order valence-electron chi connectivity index (χ4n) is 5.32. The molecule has 2 amide bonds. The van der Waals surface area contributed by atoms with E-state index in [4.69, 9.17) is 23.2 Å². The van der Waals surface area contributed by atoms with Gasteiger partial charge in [-0.05, 0) is 80.4 Å². The first-order valence-corrected chi connectivity index (χ1v) is 12.6. The van der Waals surface area contributed by atoms with Crippen LogP contribution in [0.4, 0.5) is 10.5 Å². The molecule has 0 radical (unpaired) electrons. The van der Waals surface area contributed by atoms with Crippen molar-refractivity contribution < 1.29 is 4.79 Å². The van der Waals surface area contributed by atoms with Crippen LogP contribution in [0.3, 0.4) is 0 Å². The Morgan fingerprint density at radius 3 is 2.48 bits per heavy atom. The van der Waals surface area contributed by atoms with Crippen LogP contribution in [-0.4, -0.2) is 53.5 Å². The zero-order valence-electron chi connectivity index (χ0n) is 18.7. The second-order valence-electron chi connectivity index (χ2n) is 9.35. The van der Waals surface area contributed by atoms with Gasteiger partial charge in [0.25, 0.3) is 0 Å². The topological polar surface area (TPSA) is 51.4 Å². The summed E-state index contributed by atoms with van der Waals surface area (Å²) in [4.78, 5) is 20.6. The molecule has 0 spiro atoms. The maximum Gasteiger partial charge on any atom is 0.321 e. The van der Waals surface area contributed by atoms with Gasteiger partial charge in [0.05, 0.1) is 10.0 Å². The number of piperidine rings is 2. The van der Waals surface area contributed by atoms with Crippen LogP contribution in [0, 0.1) is 5.92 Å². The Morgan fingerprint density at radius 2 is 1.73 bits per heavy atom. The molecule has 5 nitrogen and oxygen atoms in total. The Kier molecular flexibility index (Phi) is 6.81. The fourth-order valence-corrected chi connectivity index (χ4v) is 5.62. The maximum absolute atomic E-state index is 12.6. The molecule has 3 aromatic rings. The average molecular weight is 485 g/mol. The van der Waals surface area contributed by atoms with Crippen molar-refractivity contribution in [3.63, 3.8) is 0 Å². The van der Waals surface area contributed by atoms with Crippen LogP contribution in [0.1, 0.15) is 37.2 Å². The van der Waals surface area contributed by atoms with Crippen molar-refractivity contribution in [1.29, 1.82) is 0 Å². The largest absolute Gasteiger partial charge is 0.361 e. The van der Waals surface area contributed by atoms with E-state index in [1.807, 2.05) is 4.90 Å².